The third-order valence-electron chi connectivity index (χ3n) is 8.12. The van der Waals surface area contributed by atoms with E-state index in [4.69, 9.17) is 4.74 Å². The van der Waals surface area contributed by atoms with E-state index in [1.807, 2.05) is 6.92 Å². The van der Waals surface area contributed by atoms with Crippen molar-refractivity contribution >= 4 is 32.0 Å². The molecule has 0 radical (unpaired) electrons. The van der Waals surface area contributed by atoms with Gasteiger partial charge in [-0.15, -0.1) is 0 Å². The minimum atomic E-state index is -7.43. The van der Waals surface area contributed by atoms with Crippen molar-refractivity contribution in [3.8, 4) is 5.75 Å². The number of carbonyl (C=O) groups is 2. The third-order valence-corrected chi connectivity index (χ3v) is 10.3. The summed E-state index contributed by atoms with van der Waals surface area (Å²) in [6.07, 6.45) is -0.00909. The number of esters is 1. The molecule has 0 heterocycles. The van der Waals surface area contributed by atoms with Gasteiger partial charge in [-0.05, 0) is 69.1 Å². The number of fused-ring (bicyclic) bond motifs is 2. The normalized spacial score (nSPS) is 24.1. The number of hydrogen-bond acceptors (Lipinski definition) is 10. The molecule has 1 aromatic carbocycles. The second-order valence-corrected chi connectivity index (χ2v) is 14.4. The SMILES string of the molecule is CCC(C)(C)C(=O)OC1CC2CC1CC2C(=O)CC(O)c1ccc(OS(=O)(=O)C(F)(F)C(F)(F)C(F)(F)S(=O)(=O)[O-])cc1. The highest BCUT2D eigenvalue weighted by molar-refractivity contribution is 7.88. The lowest BCUT2D eigenvalue weighted by Crippen LogP contribution is -2.61. The van der Waals surface area contributed by atoms with Crippen molar-refractivity contribution in [2.75, 3.05) is 0 Å². The van der Waals surface area contributed by atoms with E-state index < -0.39 is 66.3 Å². The molecule has 2 bridgehead atoms. The van der Waals surface area contributed by atoms with E-state index in [9.17, 15) is 62.4 Å². The van der Waals surface area contributed by atoms with E-state index in [0.29, 0.717) is 37.8 Å². The van der Waals surface area contributed by atoms with Crippen LogP contribution in [0.5, 0.6) is 5.75 Å². The topological polar surface area (TPSA) is 164 Å². The molecule has 0 amide bonds. The van der Waals surface area contributed by atoms with Crippen molar-refractivity contribution < 1.29 is 71.3 Å². The molecule has 2 aliphatic carbocycles. The fourth-order valence-electron chi connectivity index (χ4n) is 5.07. The number of Topliss-reactive ketones (excluding diaryl/α,β-unsaturated/α-hetero) is 1. The zero-order valence-corrected chi connectivity index (χ0v) is 24.6. The van der Waals surface area contributed by atoms with Gasteiger partial charge in [-0.3, -0.25) is 9.59 Å². The fourth-order valence-corrected chi connectivity index (χ4v) is 6.49. The fraction of sp³-hybridized carbons (Fsp3) is 0.680. The molecule has 5 unspecified atom stereocenters. The summed E-state index contributed by atoms with van der Waals surface area (Å²) in [5.41, 5.74) is -0.691. The van der Waals surface area contributed by atoms with Crippen LogP contribution in [0.3, 0.4) is 0 Å². The van der Waals surface area contributed by atoms with Gasteiger partial charge in [-0.1, -0.05) is 19.1 Å². The number of benzene rings is 1. The van der Waals surface area contributed by atoms with Crippen LogP contribution in [0.1, 0.15) is 64.5 Å². The van der Waals surface area contributed by atoms with Gasteiger partial charge in [0.15, 0.2) is 10.1 Å². The molecule has 10 nitrogen and oxygen atoms in total. The maximum Gasteiger partial charge on any atom is 0.450 e. The van der Waals surface area contributed by atoms with Crippen LogP contribution < -0.4 is 4.18 Å². The molecule has 2 fully saturated rings. The average Bonchev–Trinajstić information content (AvgIpc) is 3.48. The summed E-state index contributed by atoms with van der Waals surface area (Å²) in [7, 11) is -14.5. The Morgan fingerprint density at radius 1 is 0.953 bits per heavy atom. The maximum atomic E-state index is 14.0. The zero-order valence-electron chi connectivity index (χ0n) is 22.9. The Hall–Kier alpha value is -2.44. The van der Waals surface area contributed by atoms with Crippen LogP contribution in [0.4, 0.5) is 26.3 Å². The number of ether oxygens (including phenoxy) is 1. The summed E-state index contributed by atoms with van der Waals surface area (Å²) < 4.78 is 146. The Morgan fingerprint density at radius 3 is 1.98 bits per heavy atom. The Labute approximate surface area is 243 Å². The number of hydrogen-bond donors (Lipinski definition) is 1. The Kier molecular flexibility index (Phi) is 9.36. The predicted octanol–water partition coefficient (Wildman–Crippen LogP) is 4.15. The zero-order chi connectivity index (χ0) is 33.0. The van der Waals surface area contributed by atoms with E-state index in [-0.39, 0.29) is 35.3 Å². The highest BCUT2D eigenvalue weighted by atomic mass is 32.2. The second kappa shape index (κ2) is 11.5. The van der Waals surface area contributed by atoms with Gasteiger partial charge >= 0.3 is 32.5 Å². The van der Waals surface area contributed by atoms with E-state index in [1.165, 1.54) is 0 Å². The van der Waals surface area contributed by atoms with Crippen molar-refractivity contribution in [2.24, 2.45) is 23.2 Å². The van der Waals surface area contributed by atoms with Crippen molar-refractivity contribution in [3.05, 3.63) is 29.8 Å². The summed E-state index contributed by atoms with van der Waals surface area (Å²) in [6.45, 7) is 5.41. The number of carbonyl (C=O) groups excluding carboxylic acids is 2. The molecular weight excluding hydrogens is 638 g/mol. The van der Waals surface area contributed by atoms with Gasteiger partial charge in [0, 0.05) is 12.3 Å². The summed E-state index contributed by atoms with van der Waals surface area (Å²) in [4.78, 5) is 25.3. The van der Waals surface area contributed by atoms with Crippen molar-refractivity contribution in [1.82, 2.24) is 0 Å². The molecule has 0 aliphatic heterocycles. The lowest BCUT2D eigenvalue weighted by Gasteiger charge is -2.32. The van der Waals surface area contributed by atoms with Gasteiger partial charge in [0.2, 0.25) is 0 Å². The molecule has 1 aromatic rings. The van der Waals surface area contributed by atoms with E-state index in [0.717, 1.165) is 12.1 Å². The number of aliphatic hydroxyl groups is 1. The minimum absolute atomic E-state index is 0.0229. The molecule has 5 atom stereocenters. The number of halogens is 6. The first kappa shape index (κ1) is 35.0. The quantitative estimate of drug-likeness (QED) is 0.140. The van der Waals surface area contributed by atoms with Crippen molar-refractivity contribution in [2.45, 2.75) is 81.5 Å². The molecule has 43 heavy (non-hydrogen) atoms. The monoisotopic (exact) mass is 667 g/mol. The Bertz CT molecular complexity index is 1440. The van der Waals surface area contributed by atoms with Crippen LogP contribution in [0.15, 0.2) is 24.3 Å². The van der Waals surface area contributed by atoms with E-state index in [2.05, 4.69) is 4.18 Å². The number of aliphatic hydroxyl groups excluding tert-OH is 1. The van der Waals surface area contributed by atoms with Crippen LogP contribution in [-0.4, -0.2) is 60.8 Å². The number of ketones is 1. The van der Waals surface area contributed by atoms with Crippen molar-refractivity contribution in [1.29, 1.82) is 0 Å². The summed E-state index contributed by atoms with van der Waals surface area (Å²) >= 11 is 0. The Balaban J connectivity index is 1.62. The third kappa shape index (κ3) is 6.38. The van der Waals surface area contributed by atoms with Crippen LogP contribution in [-0.2, 0) is 34.6 Å². The molecule has 0 spiro atoms. The smallest absolute Gasteiger partial charge is 0.450 e. The maximum absolute atomic E-state index is 14.0. The lowest BCUT2D eigenvalue weighted by molar-refractivity contribution is -0.247. The summed E-state index contributed by atoms with van der Waals surface area (Å²) in [5, 5.41) is -3.40. The molecule has 0 saturated heterocycles. The van der Waals surface area contributed by atoms with Gasteiger partial charge in [0.05, 0.1) is 11.5 Å². The molecule has 0 aromatic heterocycles. The van der Waals surface area contributed by atoms with Crippen LogP contribution >= 0.6 is 0 Å². The van der Waals surface area contributed by atoms with Gasteiger partial charge in [-0.25, -0.2) is 8.42 Å². The van der Waals surface area contributed by atoms with Gasteiger partial charge in [0.1, 0.15) is 17.6 Å². The molecule has 3 rings (SSSR count). The molecule has 244 valence electrons. The van der Waals surface area contributed by atoms with Gasteiger partial charge in [0.25, 0.3) is 0 Å². The number of alkyl halides is 6. The highest BCUT2D eigenvalue weighted by Gasteiger charge is 2.81. The highest BCUT2D eigenvalue weighted by Crippen LogP contribution is 2.52. The summed E-state index contributed by atoms with van der Waals surface area (Å²) in [6, 6.07) is 2.96. The Morgan fingerprint density at radius 2 is 1.51 bits per heavy atom. The molecular formula is C25H29F6O10S2-. The van der Waals surface area contributed by atoms with Crippen LogP contribution in [0.25, 0.3) is 0 Å². The first-order valence-corrected chi connectivity index (χ1v) is 15.8. The van der Waals surface area contributed by atoms with Crippen LogP contribution in [0, 0.1) is 23.2 Å². The number of rotatable bonds is 13. The van der Waals surface area contributed by atoms with E-state index >= 15 is 0 Å². The van der Waals surface area contributed by atoms with Crippen molar-refractivity contribution in [3.63, 3.8) is 0 Å². The first-order valence-electron chi connectivity index (χ1n) is 12.9. The standard InChI is InChI=1S/C25H30F6O10S2/c1-4-22(2,3)21(34)40-20-11-14-9-15(20)10-17(14)19(33)12-18(32)13-5-7-16(8-6-13)41-43(38,39)25(30,31)23(26,27)24(28,29)42(35,36)37/h5-8,14-15,17-18,20,32H,4,9-12H2,1-3H3,(H,35,36,37)/p-1. The van der Waals surface area contributed by atoms with E-state index in [1.54, 1.807) is 13.8 Å². The predicted molar refractivity (Wildman–Crippen MR) is 133 cm³/mol. The first-order chi connectivity index (χ1) is 19.4. The second-order valence-electron chi connectivity index (χ2n) is 11.4. The van der Waals surface area contributed by atoms with Gasteiger partial charge in [-0.2, -0.15) is 34.8 Å². The van der Waals surface area contributed by atoms with Gasteiger partial charge < -0.3 is 18.6 Å². The summed E-state index contributed by atoms with van der Waals surface area (Å²) in [5.74, 6) is -9.48. The van der Waals surface area contributed by atoms with Crippen LogP contribution in [0.2, 0.25) is 0 Å². The molecule has 2 saturated carbocycles. The lowest BCUT2D eigenvalue weighted by atomic mass is 9.82. The average molecular weight is 668 g/mol. The molecule has 18 heteroatoms. The molecule has 2 aliphatic rings. The molecule has 1 N–H and O–H groups in total. The minimum Gasteiger partial charge on any atom is -0.743 e. The largest absolute Gasteiger partial charge is 0.743 e.